The Hall–Kier alpha value is -1.35. The molecule has 8 heteroatoms. The Morgan fingerprint density at radius 3 is 1.05 bits per heavy atom. The van der Waals surface area contributed by atoms with E-state index in [1.54, 1.807) is 0 Å². The molecule has 2 aromatic rings. The Morgan fingerprint density at radius 1 is 0.579 bits per heavy atom. The van der Waals surface area contributed by atoms with Gasteiger partial charge < -0.3 is 7.43 Å². The molecule has 2 aromatic carbocycles. The zero-order chi connectivity index (χ0) is 28.3. The van der Waals surface area contributed by atoms with Crippen molar-refractivity contribution in [3.05, 3.63) is 79.2 Å². The molecular formula is C30H45Cl3N4Pd. The molecule has 0 saturated carbocycles. The summed E-state index contributed by atoms with van der Waals surface area (Å²) in [6, 6.07) is 21.0. The minimum absolute atomic E-state index is 0. The van der Waals surface area contributed by atoms with E-state index in [1.807, 2.05) is 40.3 Å². The molecule has 0 aliphatic rings. The van der Waals surface area contributed by atoms with Crippen LogP contribution in [0.5, 0.6) is 0 Å². The van der Waals surface area contributed by atoms with E-state index in [1.165, 1.54) is 11.1 Å². The van der Waals surface area contributed by atoms with Crippen molar-refractivity contribution in [1.29, 1.82) is 0 Å². The molecular weight excluding hydrogens is 629 g/mol. The van der Waals surface area contributed by atoms with Crippen LogP contribution in [0.4, 0.5) is 0 Å². The van der Waals surface area contributed by atoms with Crippen LogP contribution in [0.1, 0.15) is 50.7 Å². The maximum atomic E-state index is 4.76. The van der Waals surface area contributed by atoms with Crippen LogP contribution in [-0.2, 0) is 31.0 Å². The van der Waals surface area contributed by atoms with Crippen molar-refractivity contribution >= 4 is 55.6 Å². The molecule has 0 atom stereocenters. The number of rotatable bonds is 10. The van der Waals surface area contributed by atoms with E-state index in [0.29, 0.717) is 0 Å². The second-order valence-corrected chi connectivity index (χ2v) is 8.27. The number of alkyl halides is 2. The van der Waals surface area contributed by atoms with Gasteiger partial charge in [0.15, 0.2) is 0 Å². The van der Waals surface area contributed by atoms with E-state index in [2.05, 4.69) is 110 Å². The van der Waals surface area contributed by atoms with Crippen molar-refractivity contribution in [3.63, 3.8) is 0 Å². The van der Waals surface area contributed by atoms with Gasteiger partial charge >= 0.3 is 27.7 Å². The number of nitrogens with zero attached hydrogens (tertiary/aromatic N) is 4. The molecule has 0 aliphatic carbocycles. The number of benzene rings is 2. The summed E-state index contributed by atoms with van der Waals surface area (Å²) in [7, 11) is 11.9. The van der Waals surface area contributed by atoms with Gasteiger partial charge in [0.25, 0.3) is 0 Å². The van der Waals surface area contributed by atoms with Crippen LogP contribution in [0.2, 0.25) is 0 Å². The molecule has 216 valence electrons. The standard InChI is InChI=1S/2C14H20N2.CH2Cl2.CH3.ClH.Pd/c2*1-4-13(15-2)14(16-3)11-10-12-8-6-5-7-9-12;2-1-3;;;/h2*5-9H,4,10-11H2,1-3H3;1H2;1H3;1H;/q;;;-1;;+2/p-1. The van der Waals surface area contributed by atoms with Crippen LogP contribution in [0.25, 0.3) is 0 Å². The van der Waals surface area contributed by atoms with Crippen molar-refractivity contribution < 1.29 is 18.2 Å². The van der Waals surface area contributed by atoms with E-state index in [4.69, 9.17) is 23.2 Å². The molecule has 0 fully saturated rings. The molecule has 0 aromatic heterocycles. The van der Waals surface area contributed by atoms with Crippen LogP contribution < -0.4 is 0 Å². The Labute approximate surface area is 257 Å². The summed E-state index contributed by atoms with van der Waals surface area (Å²) in [5.74, 6) is 0. The normalized spacial score (nSPS) is 11.6. The van der Waals surface area contributed by atoms with Crippen LogP contribution in [0.3, 0.4) is 0 Å². The quantitative estimate of drug-likeness (QED) is 0.105. The average molecular weight is 674 g/mol. The second kappa shape index (κ2) is 30.2. The Kier molecular flexibility index (Phi) is 32.7. The third-order valence-electron chi connectivity index (χ3n) is 5.40. The van der Waals surface area contributed by atoms with Crippen molar-refractivity contribution in [2.45, 2.75) is 52.4 Å². The fourth-order valence-corrected chi connectivity index (χ4v) is 3.57. The monoisotopic (exact) mass is 672 g/mol. The van der Waals surface area contributed by atoms with Crippen LogP contribution >= 0.6 is 32.7 Å². The first-order chi connectivity index (χ1) is 18.0. The summed E-state index contributed by atoms with van der Waals surface area (Å²) in [6.45, 7) is 4.24. The van der Waals surface area contributed by atoms with Gasteiger partial charge in [0.2, 0.25) is 0 Å². The molecule has 0 saturated heterocycles. The van der Waals surface area contributed by atoms with Gasteiger partial charge in [-0.15, -0.1) is 23.2 Å². The van der Waals surface area contributed by atoms with E-state index in [9.17, 15) is 0 Å². The van der Waals surface area contributed by atoms with Crippen LogP contribution in [-0.4, -0.2) is 56.4 Å². The second-order valence-electron chi connectivity index (χ2n) is 7.46. The van der Waals surface area contributed by atoms with Crippen LogP contribution in [0, 0.1) is 7.43 Å². The maximum absolute atomic E-state index is 4.76. The Balaban J connectivity index is -0.000000539. The minimum atomic E-state index is 0. The van der Waals surface area contributed by atoms with Gasteiger partial charge in [0, 0.05) is 28.2 Å². The zero-order valence-electron chi connectivity index (χ0n) is 24.0. The van der Waals surface area contributed by atoms with Crippen LogP contribution in [0.15, 0.2) is 80.6 Å². The SMILES string of the molecule is CCC(=NC)C(CCc1ccccc1)=NC.CCC(=NC)C(CCc1ccccc1)=NC.ClCCl.[CH3-].[Cl][Pd+]. The zero-order valence-corrected chi connectivity index (χ0v) is 27.8. The molecule has 0 amide bonds. The first kappa shape index (κ1) is 41.1. The van der Waals surface area contributed by atoms with E-state index in [-0.39, 0.29) is 12.8 Å². The van der Waals surface area contributed by atoms with Crippen molar-refractivity contribution in [2.75, 3.05) is 33.5 Å². The van der Waals surface area contributed by atoms with Gasteiger partial charge in [-0.05, 0) is 49.7 Å². The molecule has 0 N–H and O–H groups in total. The van der Waals surface area contributed by atoms with Crippen molar-refractivity contribution in [3.8, 4) is 0 Å². The van der Waals surface area contributed by atoms with Gasteiger partial charge in [-0.1, -0.05) is 74.5 Å². The van der Waals surface area contributed by atoms with Gasteiger partial charge in [0.1, 0.15) is 0 Å². The average Bonchev–Trinajstić information content (AvgIpc) is 2.96. The summed E-state index contributed by atoms with van der Waals surface area (Å²) in [5.41, 5.74) is 7.23. The van der Waals surface area contributed by atoms with E-state index < -0.39 is 0 Å². The molecule has 2 rings (SSSR count). The van der Waals surface area contributed by atoms with Gasteiger partial charge in [-0.3, -0.25) is 20.0 Å². The first-order valence-corrected chi connectivity index (χ1v) is 15.3. The van der Waals surface area contributed by atoms with Gasteiger partial charge in [-0.25, -0.2) is 0 Å². The summed E-state index contributed by atoms with van der Waals surface area (Å²) >= 11 is 11.8. The fourth-order valence-electron chi connectivity index (χ4n) is 3.57. The third-order valence-corrected chi connectivity index (χ3v) is 5.40. The molecule has 0 unspecified atom stereocenters. The van der Waals surface area contributed by atoms with E-state index >= 15 is 0 Å². The van der Waals surface area contributed by atoms with E-state index in [0.717, 1.165) is 61.4 Å². The summed E-state index contributed by atoms with van der Waals surface area (Å²) < 4.78 is 0. The molecule has 0 radical (unpaired) electrons. The van der Waals surface area contributed by atoms with Crippen molar-refractivity contribution in [2.24, 2.45) is 20.0 Å². The first-order valence-electron chi connectivity index (χ1n) is 12.2. The van der Waals surface area contributed by atoms with Gasteiger partial charge in [0.05, 0.1) is 28.2 Å². The number of aliphatic imine (C=N–C) groups is 4. The predicted molar refractivity (Wildman–Crippen MR) is 172 cm³/mol. The van der Waals surface area contributed by atoms with Gasteiger partial charge in [-0.2, -0.15) is 0 Å². The Morgan fingerprint density at radius 2 is 0.842 bits per heavy atom. The molecule has 38 heavy (non-hydrogen) atoms. The number of aryl methyl sites for hydroxylation is 2. The third kappa shape index (κ3) is 19.7. The Bertz CT molecular complexity index is 840. The number of hydrogen-bond acceptors (Lipinski definition) is 4. The summed E-state index contributed by atoms with van der Waals surface area (Å²) in [5, 5.41) is 0.194. The predicted octanol–water partition coefficient (Wildman–Crippen LogP) is 8.90. The topological polar surface area (TPSA) is 49.4 Å². The number of hydrogen-bond donors (Lipinski definition) is 0. The molecule has 0 aliphatic heterocycles. The molecule has 4 nitrogen and oxygen atoms in total. The molecule has 0 heterocycles. The summed E-state index contributed by atoms with van der Waals surface area (Å²) in [4.78, 5) is 17.2. The number of halogens is 3. The fraction of sp³-hybridized carbons (Fsp3) is 0.433. The molecule has 0 spiro atoms. The summed E-state index contributed by atoms with van der Waals surface area (Å²) in [6.07, 6.45) is 5.93. The van der Waals surface area contributed by atoms with Crippen molar-refractivity contribution in [1.82, 2.24) is 0 Å². The molecule has 0 bridgehead atoms.